The number of hydrogen-bond acceptors (Lipinski definition) is 5. The first-order valence-electron chi connectivity index (χ1n) is 13.9. The normalized spacial score (nSPS) is 17.2. The van der Waals surface area contributed by atoms with E-state index in [0.29, 0.717) is 11.4 Å². The fourth-order valence-electron chi connectivity index (χ4n) is 6.39. The summed E-state index contributed by atoms with van der Waals surface area (Å²) in [5, 5.41) is 11.5. The molecule has 0 saturated carbocycles. The van der Waals surface area contributed by atoms with E-state index in [1.807, 2.05) is 54.6 Å². The molecule has 0 radical (unpaired) electrons. The number of anilines is 2. The Bertz CT molecular complexity index is 2070. The molecule has 0 unspecified atom stereocenters. The molecular weight excluding hydrogens is 540 g/mol. The van der Waals surface area contributed by atoms with E-state index in [0.717, 1.165) is 32.9 Å². The van der Waals surface area contributed by atoms with Gasteiger partial charge in [-0.25, -0.2) is 9.80 Å². The zero-order valence-corrected chi connectivity index (χ0v) is 22.7. The second-order valence-corrected chi connectivity index (χ2v) is 10.9. The van der Waals surface area contributed by atoms with Gasteiger partial charge in [0.1, 0.15) is 5.75 Å². The largest absolute Gasteiger partial charge is 0.507 e. The Hall–Kier alpha value is -5.82. The first-order chi connectivity index (χ1) is 20.9. The minimum Gasteiger partial charge on any atom is -0.507 e. The Morgan fingerprint density at radius 3 is 1.86 bits per heavy atom. The van der Waals surface area contributed by atoms with E-state index in [1.165, 1.54) is 18.2 Å². The molecule has 0 spiro atoms. The van der Waals surface area contributed by atoms with Gasteiger partial charge >= 0.3 is 0 Å². The number of amides is 4. The van der Waals surface area contributed by atoms with Gasteiger partial charge in [-0.15, -0.1) is 0 Å². The highest BCUT2D eigenvalue weighted by atomic mass is 16.3. The van der Waals surface area contributed by atoms with Crippen LogP contribution < -0.4 is 9.80 Å². The van der Waals surface area contributed by atoms with Crippen LogP contribution in [0.2, 0.25) is 0 Å². The highest BCUT2D eigenvalue weighted by molar-refractivity contribution is 6.42. The average molecular weight is 563 g/mol. The van der Waals surface area contributed by atoms with Crippen LogP contribution in [0.4, 0.5) is 11.4 Å². The van der Waals surface area contributed by atoms with Crippen molar-refractivity contribution in [1.82, 2.24) is 0 Å². The Kier molecular flexibility index (Phi) is 5.27. The third-order valence-corrected chi connectivity index (χ3v) is 8.49. The summed E-state index contributed by atoms with van der Waals surface area (Å²) in [7, 11) is 0. The minimum absolute atomic E-state index is 0.0503. The number of aromatic hydroxyl groups is 1. The van der Waals surface area contributed by atoms with Crippen molar-refractivity contribution in [1.29, 1.82) is 0 Å². The van der Waals surface area contributed by atoms with Crippen molar-refractivity contribution in [2.75, 3.05) is 9.80 Å². The molecular formula is C36H22N2O5. The third-order valence-electron chi connectivity index (χ3n) is 8.49. The standard InChI is InChI=1S/C36H22N2O5/c39-29-19-28-30-26(33(40)37(35(28)42)24-13-9-22(10-14-24)20-5-1-2-6-20)17-18-27-31(30)32(29)36(43)38(34(27)41)25-15-11-23(12-16-25)21-7-3-4-8-21/h1,3-19,21,39H,2H2. The summed E-state index contributed by atoms with van der Waals surface area (Å²) in [6.07, 6.45) is 15.1. The summed E-state index contributed by atoms with van der Waals surface area (Å²) in [5.74, 6) is -2.84. The molecule has 206 valence electrons. The van der Waals surface area contributed by atoms with Gasteiger partial charge in [-0.1, -0.05) is 66.8 Å². The lowest BCUT2D eigenvalue weighted by atomic mass is 9.85. The molecule has 0 bridgehead atoms. The molecule has 7 nitrogen and oxygen atoms in total. The smallest absolute Gasteiger partial charge is 0.269 e. The maximum atomic E-state index is 13.8. The monoisotopic (exact) mass is 562 g/mol. The maximum absolute atomic E-state index is 13.8. The first-order valence-corrected chi connectivity index (χ1v) is 13.9. The van der Waals surface area contributed by atoms with Crippen molar-refractivity contribution < 1.29 is 24.3 Å². The van der Waals surface area contributed by atoms with E-state index in [2.05, 4.69) is 12.2 Å². The zero-order chi connectivity index (χ0) is 29.4. The SMILES string of the molecule is O=C1c2ccc3c4c(c(O)cc(c24)C(=O)N1c1ccc(C2=CCC=C2)cc1)C(=O)N(c1ccc(C2C=CC=C2)cc1)C3=O. The third kappa shape index (κ3) is 3.55. The maximum Gasteiger partial charge on any atom is 0.269 e. The molecule has 2 heterocycles. The summed E-state index contributed by atoms with van der Waals surface area (Å²) in [6.45, 7) is 0. The van der Waals surface area contributed by atoms with Gasteiger partial charge < -0.3 is 5.11 Å². The van der Waals surface area contributed by atoms with Gasteiger partial charge in [0.2, 0.25) is 0 Å². The second-order valence-electron chi connectivity index (χ2n) is 10.9. The van der Waals surface area contributed by atoms with E-state index >= 15 is 0 Å². The molecule has 0 saturated heterocycles. The van der Waals surface area contributed by atoms with Crippen molar-refractivity contribution >= 4 is 51.3 Å². The summed E-state index contributed by atoms with van der Waals surface area (Å²) < 4.78 is 0. The molecule has 4 aromatic carbocycles. The van der Waals surface area contributed by atoms with Gasteiger partial charge in [0.05, 0.1) is 22.5 Å². The predicted molar refractivity (Wildman–Crippen MR) is 164 cm³/mol. The number of carbonyl (C=O) groups excluding carboxylic acids is 4. The quantitative estimate of drug-likeness (QED) is 0.279. The molecule has 2 aliphatic heterocycles. The van der Waals surface area contributed by atoms with Crippen LogP contribution in [0.3, 0.4) is 0 Å². The predicted octanol–water partition coefficient (Wildman–Crippen LogP) is 6.70. The molecule has 0 aromatic heterocycles. The van der Waals surface area contributed by atoms with Crippen LogP contribution in [0.25, 0.3) is 16.3 Å². The molecule has 0 fully saturated rings. The lowest BCUT2D eigenvalue weighted by Crippen LogP contribution is -2.43. The number of phenols is 1. The van der Waals surface area contributed by atoms with Crippen LogP contribution in [0.1, 0.15) is 64.9 Å². The Morgan fingerprint density at radius 2 is 1.23 bits per heavy atom. The average Bonchev–Trinajstić information content (AvgIpc) is 3.76. The van der Waals surface area contributed by atoms with Crippen LogP contribution in [-0.2, 0) is 0 Å². The van der Waals surface area contributed by atoms with E-state index < -0.39 is 29.4 Å². The number of rotatable bonds is 4. The molecule has 1 N–H and O–H groups in total. The summed E-state index contributed by atoms with van der Waals surface area (Å²) >= 11 is 0. The minimum atomic E-state index is -0.722. The molecule has 7 heteroatoms. The zero-order valence-electron chi connectivity index (χ0n) is 22.7. The highest BCUT2D eigenvalue weighted by Crippen LogP contribution is 2.44. The van der Waals surface area contributed by atoms with Crippen LogP contribution in [0.5, 0.6) is 5.75 Å². The van der Waals surface area contributed by atoms with Crippen LogP contribution in [-0.4, -0.2) is 28.7 Å². The number of phenolic OH excluding ortho intramolecular Hbond substituents is 1. The van der Waals surface area contributed by atoms with Crippen molar-refractivity contribution in [3.8, 4) is 5.75 Å². The van der Waals surface area contributed by atoms with Gasteiger partial charge in [-0.3, -0.25) is 19.2 Å². The summed E-state index contributed by atoms with van der Waals surface area (Å²) in [5.41, 5.74) is 4.03. The Balaban J connectivity index is 1.21. The number of imide groups is 2. The Labute approximate surface area is 246 Å². The van der Waals surface area contributed by atoms with Gasteiger partial charge in [-0.05, 0) is 65.6 Å². The lowest BCUT2D eigenvalue weighted by Gasteiger charge is -2.32. The molecule has 4 aromatic rings. The molecule has 2 aliphatic carbocycles. The van der Waals surface area contributed by atoms with Gasteiger partial charge in [0.15, 0.2) is 0 Å². The number of allylic oxidation sites excluding steroid dienone is 8. The number of carbonyl (C=O) groups is 4. The van der Waals surface area contributed by atoms with Crippen molar-refractivity contribution in [2.24, 2.45) is 0 Å². The Morgan fingerprint density at radius 1 is 0.651 bits per heavy atom. The van der Waals surface area contributed by atoms with E-state index in [9.17, 15) is 24.3 Å². The van der Waals surface area contributed by atoms with Crippen molar-refractivity contribution in [2.45, 2.75) is 12.3 Å². The topological polar surface area (TPSA) is 95.0 Å². The van der Waals surface area contributed by atoms with E-state index in [1.54, 1.807) is 24.3 Å². The number of nitrogens with zero attached hydrogens (tertiary/aromatic N) is 2. The van der Waals surface area contributed by atoms with E-state index in [4.69, 9.17) is 0 Å². The number of hydrogen-bond donors (Lipinski definition) is 1. The van der Waals surface area contributed by atoms with Crippen LogP contribution >= 0.6 is 0 Å². The molecule has 0 atom stereocenters. The molecule has 8 rings (SSSR count). The van der Waals surface area contributed by atoms with Gasteiger partial charge in [0.25, 0.3) is 23.6 Å². The second kappa shape index (κ2) is 9.09. The lowest BCUT2D eigenvalue weighted by molar-refractivity contribution is 0.0871. The van der Waals surface area contributed by atoms with E-state index in [-0.39, 0.29) is 38.9 Å². The summed E-state index contributed by atoms with van der Waals surface area (Å²) in [4.78, 5) is 57.3. The van der Waals surface area contributed by atoms with Crippen molar-refractivity contribution in [3.05, 3.63) is 143 Å². The molecule has 43 heavy (non-hydrogen) atoms. The fourth-order valence-corrected chi connectivity index (χ4v) is 6.39. The van der Waals surface area contributed by atoms with Crippen LogP contribution in [0, 0.1) is 0 Å². The molecule has 4 aliphatic rings. The fraction of sp³-hybridized carbons (Fsp3) is 0.0556. The van der Waals surface area contributed by atoms with Crippen LogP contribution in [0.15, 0.2) is 109 Å². The van der Waals surface area contributed by atoms with Crippen molar-refractivity contribution in [3.63, 3.8) is 0 Å². The van der Waals surface area contributed by atoms with Gasteiger partial charge in [-0.2, -0.15) is 0 Å². The number of benzene rings is 4. The molecule has 4 amide bonds. The van der Waals surface area contributed by atoms with Gasteiger partial charge in [0, 0.05) is 27.8 Å². The summed E-state index contributed by atoms with van der Waals surface area (Å²) in [6, 6.07) is 18.5. The highest BCUT2D eigenvalue weighted by Gasteiger charge is 2.42. The first kappa shape index (κ1) is 24.9.